The number of thioether (sulfide) groups is 1. The number of hydrogen-bond acceptors (Lipinski definition) is 6. The van der Waals surface area contributed by atoms with Crippen LogP contribution < -0.4 is 19.8 Å². The molecule has 3 rings (SSSR count). The first kappa shape index (κ1) is 20.5. The summed E-state index contributed by atoms with van der Waals surface area (Å²) in [5.41, 5.74) is 0.870. The molecule has 1 unspecified atom stereocenters. The van der Waals surface area contributed by atoms with Crippen LogP contribution in [0.15, 0.2) is 64.1 Å². The molecule has 152 valence electrons. The summed E-state index contributed by atoms with van der Waals surface area (Å²) in [6.07, 6.45) is -4.79. The van der Waals surface area contributed by atoms with Gasteiger partial charge in [-0.05, 0) is 47.6 Å². The highest BCUT2D eigenvalue weighted by Gasteiger charge is 2.31. The van der Waals surface area contributed by atoms with E-state index in [0.717, 1.165) is 23.9 Å². The number of carbonyl (C=O) groups excluding carboxylic acids is 1. The number of ether oxygens (including phenoxy) is 1. The normalized spacial score (nSPS) is 12.4. The number of halogens is 3. The Balaban J connectivity index is 1.67. The Hall–Kier alpha value is -3.21. The van der Waals surface area contributed by atoms with E-state index in [1.54, 1.807) is 37.3 Å². The minimum Gasteiger partial charge on any atom is -0.538 e. The maximum atomic E-state index is 12.4. The number of nitrogens with one attached hydrogen (secondary N) is 1. The van der Waals surface area contributed by atoms with Gasteiger partial charge in [0, 0.05) is 17.8 Å². The average Bonchev–Trinajstić information content (AvgIpc) is 3.03. The van der Waals surface area contributed by atoms with Crippen LogP contribution in [0.2, 0.25) is 0 Å². The molecule has 0 aliphatic rings. The number of benzene rings is 2. The average molecular weight is 425 g/mol. The molecule has 7 nitrogen and oxygen atoms in total. The molecule has 1 aromatic heterocycles. The molecule has 1 N–H and O–H groups in total. The van der Waals surface area contributed by atoms with Crippen molar-refractivity contribution in [3.8, 4) is 17.4 Å². The summed E-state index contributed by atoms with van der Waals surface area (Å²) < 4.78 is 46.3. The van der Waals surface area contributed by atoms with Crippen molar-refractivity contribution in [3.05, 3.63) is 54.6 Å². The van der Waals surface area contributed by atoms with Gasteiger partial charge < -0.3 is 19.7 Å². The number of para-hydroxylation sites is 1. The van der Waals surface area contributed by atoms with Crippen LogP contribution in [0.4, 0.5) is 18.9 Å². The van der Waals surface area contributed by atoms with E-state index < -0.39 is 29.2 Å². The van der Waals surface area contributed by atoms with Gasteiger partial charge in [0.05, 0.1) is 10.5 Å². The molecule has 1 amide bonds. The summed E-state index contributed by atoms with van der Waals surface area (Å²) in [6, 6.07) is 13.5. The monoisotopic (exact) mass is 425 g/mol. The lowest BCUT2D eigenvalue weighted by Gasteiger charge is -2.12. The fourth-order valence-electron chi connectivity index (χ4n) is 2.28. The molecule has 0 fully saturated rings. The first-order valence-electron chi connectivity index (χ1n) is 8.21. The summed E-state index contributed by atoms with van der Waals surface area (Å²) in [4.78, 5) is 12.4. The van der Waals surface area contributed by atoms with Gasteiger partial charge in [-0.2, -0.15) is 0 Å². The van der Waals surface area contributed by atoms with Crippen molar-refractivity contribution in [2.24, 2.45) is 0 Å². The highest BCUT2D eigenvalue weighted by molar-refractivity contribution is 8.00. The summed E-state index contributed by atoms with van der Waals surface area (Å²) >= 11 is 0.945. The number of nitrogens with zero attached hydrogens (tertiary/aromatic N) is 2. The predicted molar refractivity (Wildman–Crippen MR) is 94.6 cm³/mol. The zero-order chi connectivity index (χ0) is 21.0. The first-order chi connectivity index (χ1) is 13.7. The van der Waals surface area contributed by atoms with Crippen molar-refractivity contribution < 1.29 is 37.0 Å². The molecule has 0 aliphatic heterocycles. The molecule has 0 bridgehead atoms. The zero-order valence-corrected chi connectivity index (χ0v) is 15.7. The Morgan fingerprint density at radius 2 is 1.86 bits per heavy atom. The molecule has 29 heavy (non-hydrogen) atoms. The van der Waals surface area contributed by atoms with E-state index in [9.17, 15) is 23.1 Å². The summed E-state index contributed by atoms with van der Waals surface area (Å²) in [5, 5.41) is 17.6. The first-order valence-corrected chi connectivity index (χ1v) is 9.08. The van der Waals surface area contributed by atoms with Gasteiger partial charge in [-0.1, -0.05) is 18.2 Å². The molecule has 1 atom stereocenters. The third kappa shape index (κ3) is 5.41. The molecule has 3 aromatic rings. The molecule has 2 aromatic carbocycles. The quantitative estimate of drug-likeness (QED) is 0.482. The van der Waals surface area contributed by atoms with Crippen molar-refractivity contribution in [1.29, 1.82) is 0 Å². The molecule has 0 saturated carbocycles. The number of aromatic nitrogens is 2. The van der Waals surface area contributed by atoms with Crippen molar-refractivity contribution in [2.75, 3.05) is 5.32 Å². The van der Waals surface area contributed by atoms with Crippen molar-refractivity contribution >= 4 is 23.4 Å². The number of carbonyl (C=O) groups is 1. The van der Waals surface area contributed by atoms with Gasteiger partial charge in [-0.25, -0.2) is 0 Å². The lowest BCUT2D eigenvalue weighted by atomic mass is 10.3. The summed E-state index contributed by atoms with van der Waals surface area (Å²) in [6.45, 7) is 1.57. The van der Waals surface area contributed by atoms with Crippen LogP contribution >= 0.6 is 11.8 Å². The van der Waals surface area contributed by atoms with Gasteiger partial charge in [0.25, 0.3) is 5.03 Å². The Morgan fingerprint density at radius 1 is 1.21 bits per heavy atom. The molecule has 0 spiro atoms. The zero-order valence-electron chi connectivity index (χ0n) is 14.8. The molecular formula is C18H14F3N3O4S. The minimum absolute atomic E-state index is 0.118. The predicted octanol–water partition coefficient (Wildman–Crippen LogP) is 3.04. The van der Waals surface area contributed by atoms with Crippen LogP contribution in [0, 0.1) is 0 Å². The van der Waals surface area contributed by atoms with E-state index in [1.807, 2.05) is 0 Å². The maximum Gasteiger partial charge on any atom is 0.573 e. The second kappa shape index (κ2) is 8.43. The van der Waals surface area contributed by atoms with E-state index in [-0.39, 0.29) is 10.7 Å². The fraction of sp³-hybridized carbons (Fsp3) is 0.167. The Bertz CT molecular complexity index is 978. The topological polar surface area (TPSA) is 91.3 Å². The Kier molecular flexibility index (Phi) is 5.97. The van der Waals surface area contributed by atoms with Crippen molar-refractivity contribution in [2.45, 2.75) is 23.6 Å². The fourth-order valence-corrected chi connectivity index (χ4v) is 3.15. The molecular weight excluding hydrogens is 411 g/mol. The smallest absolute Gasteiger partial charge is 0.538 e. The van der Waals surface area contributed by atoms with Crippen LogP contribution in [0.25, 0.3) is 5.69 Å². The lowest BCUT2D eigenvalue weighted by molar-refractivity contribution is -0.705. The molecule has 0 aliphatic carbocycles. The van der Waals surface area contributed by atoms with Crippen LogP contribution in [0.5, 0.6) is 11.7 Å². The van der Waals surface area contributed by atoms with Gasteiger partial charge >= 0.3 is 6.36 Å². The highest BCUT2D eigenvalue weighted by Crippen LogP contribution is 2.28. The Morgan fingerprint density at radius 3 is 2.48 bits per heavy atom. The highest BCUT2D eigenvalue weighted by atomic mass is 32.2. The van der Waals surface area contributed by atoms with E-state index in [1.165, 1.54) is 16.8 Å². The van der Waals surface area contributed by atoms with Crippen LogP contribution in [-0.4, -0.2) is 22.8 Å². The van der Waals surface area contributed by atoms with Crippen LogP contribution in [-0.2, 0) is 4.79 Å². The number of rotatable bonds is 6. The van der Waals surface area contributed by atoms with Gasteiger partial charge in [0.1, 0.15) is 5.75 Å². The van der Waals surface area contributed by atoms with E-state index in [2.05, 4.69) is 15.3 Å². The molecule has 0 saturated heterocycles. The number of anilines is 1. The number of hydrogen-bond donors (Lipinski definition) is 1. The van der Waals surface area contributed by atoms with E-state index in [0.29, 0.717) is 5.69 Å². The summed E-state index contributed by atoms with van der Waals surface area (Å²) in [5.74, 6) is -1.55. The molecule has 0 radical (unpaired) electrons. The third-order valence-electron chi connectivity index (χ3n) is 3.59. The number of amides is 1. The van der Waals surface area contributed by atoms with Gasteiger partial charge in [-0.3, -0.25) is 4.79 Å². The van der Waals surface area contributed by atoms with Gasteiger partial charge in [-0.15, -0.1) is 13.2 Å². The second-order valence-corrected chi connectivity index (χ2v) is 7.06. The Labute approximate surface area is 167 Å². The molecule has 11 heteroatoms. The van der Waals surface area contributed by atoms with Gasteiger partial charge in [0.2, 0.25) is 11.6 Å². The number of alkyl halides is 3. The second-order valence-electron chi connectivity index (χ2n) is 5.73. The standard InChI is InChI=1S/C18H14F3N3O4S/c1-11(15(25)22-12-7-9-14(10-8-12)27-18(19,20)21)29-16-17(26)28-23-24(16)13-5-3-2-4-6-13/h2-11H,1H3,(H-,22,23,25,26). The van der Waals surface area contributed by atoms with Crippen LogP contribution in [0.3, 0.4) is 0 Å². The third-order valence-corrected chi connectivity index (χ3v) is 4.72. The summed E-state index contributed by atoms with van der Waals surface area (Å²) in [7, 11) is 0. The van der Waals surface area contributed by atoms with Crippen molar-refractivity contribution in [3.63, 3.8) is 0 Å². The largest absolute Gasteiger partial charge is 0.573 e. The SMILES string of the molecule is CC(Sc1c([O-])on[n+]1-c1ccccc1)C(=O)Nc1ccc(OC(F)(F)F)cc1. The maximum absolute atomic E-state index is 12.4. The van der Waals surface area contributed by atoms with E-state index >= 15 is 0 Å². The lowest BCUT2D eigenvalue weighted by Crippen LogP contribution is -2.36. The van der Waals surface area contributed by atoms with Crippen LogP contribution in [0.1, 0.15) is 6.92 Å². The minimum atomic E-state index is -4.79. The van der Waals surface area contributed by atoms with Gasteiger partial charge in [0.15, 0.2) is 5.95 Å². The molecule has 1 heterocycles. The van der Waals surface area contributed by atoms with E-state index in [4.69, 9.17) is 4.52 Å². The van der Waals surface area contributed by atoms with Crippen molar-refractivity contribution in [1.82, 2.24) is 5.27 Å².